The van der Waals surface area contributed by atoms with E-state index in [1.165, 1.54) is 6.92 Å². The SMILES string of the molecule is CCOc1ccc(-c2noc(CNS(=O)(=O)c3nnc(NC(C)=O)s3)n2)cc1. The van der Waals surface area contributed by atoms with Crippen LogP contribution in [0.3, 0.4) is 0 Å². The van der Waals surface area contributed by atoms with Crippen LogP contribution in [0.4, 0.5) is 5.13 Å². The van der Waals surface area contributed by atoms with Gasteiger partial charge in [-0.3, -0.25) is 4.79 Å². The zero-order valence-electron chi connectivity index (χ0n) is 14.9. The van der Waals surface area contributed by atoms with E-state index in [0.717, 1.165) is 17.1 Å². The Kier molecular flexibility index (Phi) is 5.96. The molecule has 148 valence electrons. The zero-order chi connectivity index (χ0) is 20.1. The van der Waals surface area contributed by atoms with Crippen molar-refractivity contribution >= 4 is 32.4 Å². The number of nitrogens with zero attached hydrogens (tertiary/aromatic N) is 4. The van der Waals surface area contributed by atoms with Crippen LogP contribution in [0.2, 0.25) is 0 Å². The Morgan fingerprint density at radius 2 is 2.00 bits per heavy atom. The number of ether oxygens (including phenoxy) is 1. The molecule has 0 saturated carbocycles. The van der Waals surface area contributed by atoms with E-state index >= 15 is 0 Å². The topological polar surface area (TPSA) is 149 Å². The maximum atomic E-state index is 12.3. The maximum absolute atomic E-state index is 12.3. The lowest BCUT2D eigenvalue weighted by Gasteiger charge is -2.02. The summed E-state index contributed by atoms with van der Waals surface area (Å²) in [5.74, 6) is 0.749. The van der Waals surface area contributed by atoms with E-state index in [1.807, 2.05) is 6.92 Å². The Morgan fingerprint density at radius 1 is 1.25 bits per heavy atom. The molecule has 13 heteroatoms. The number of hydrogen-bond donors (Lipinski definition) is 2. The molecule has 2 N–H and O–H groups in total. The van der Waals surface area contributed by atoms with Crippen LogP contribution in [0, 0.1) is 0 Å². The number of amides is 1. The van der Waals surface area contributed by atoms with Crippen LogP contribution < -0.4 is 14.8 Å². The first kappa shape index (κ1) is 19.9. The third kappa shape index (κ3) is 4.88. The average molecular weight is 424 g/mol. The van der Waals surface area contributed by atoms with E-state index < -0.39 is 10.0 Å². The largest absolute Gasteiger partial charge is 0.494 e. The van der Waals surface area contributed by atoms with Crippen LogP contribution in [0.15, 0.2) is 33.1 Å². The Labute approximate surface area is 164 Å². The van der Waals surface area contributed by atoms with Gasteiger partial charge in [-0.15, -0.1) is 10.2 Å². The quantitative estimate of drug-likeness (QED) is 0.512. The molecule has 0 aliphatic carbocycles. The fraction of sp³-hybridized carbons (Fsp3) is 0.267. The summed E-state index contributed by atoms with van der Waals surface area (Å²) in [7, 11) is -3.94. The summed E-state index contributed by atoms with van der Waals surface area (Å²) in [6.45, 7) is 3.52. The molecular formula is C15H16N6O5S2. The van der Waals surface area contributed by atoms with Crippen molar-refractivity contribution in [2.45, 2.75) is 24.7 Å². The van der Waals surface area contributed by atoms with Gasteiger partial charge < -0.3 is 14.6 Å². The molecule has 2 heterocycles. The van der Waals surface area contributed by atoms with Crippen molar-refractivity contribution in [3.63, 3.8) is 0 Å². The molecule has 11 nitrogen and oxygen atoms in total. The minimum atomic E-state index is -3.94. The highest BCUT2D eigenvalue weighted by Crippen LogP contribution is 2.21. The van der Waals surface area contributed by atoms with Crippen LogP contribution in [0.5, 0.6) is 5.75 Å². The molecule has 1 amide bonds. The molecular weight excluding hydrogens is 408 g/mol. The molecule has 28 heavy (non-hydrogen) atoms. The molecule has 0 aliphatic rings. The van der Waals surface area contributed by atoms with Crippen molar-refractivity contribution in [3.05, 3.63) is 30.2 Å². The maximum Gasteiger partial charge on any atom is 0.270 e. The fourth-order valence-corrected chi connectivity index (χ4v) is 4.01. The summed E-state index contributed by atoms with van der Waals surface area (Å²) in [5, 5.41) is 13.4. The van der Waals surface area contributed by atoms with Crippen LogP contribution in [-0.4, -0.2) is 41.3 Å². The van der Waals surface area contributed by atoms with Gasteiger partial charge in [0.05, 0.1) is 13.2 Å². The van der Waals surface area contributed by atoms with Crippen molar-refractivity contribution in [1.82, 2.24) is 25.1 Å². The summed E-state index contributed by atoms with van der Waals surface area (Å²) >= 11 is 0.728. The predicted molar refractivity (Wildman–Crippen MR) is 99.1 cm³/mol. The Morgan fingerprint density at radius 3 is 2.68 bits per heavy atom. The van der Waals surface area contributed by atoms with Crippen LogP contribution in [0.25, 0.3) is 11.4 Å². The van der Waals surface area contributed by atoms with Crippen molar-refractivity contribution in [1.29, 1.82) is 0 Å². The number of hydrogen-bond acceptors (Lipinski definition) is 10. The molecule has 1 aromatic carbocycles. The number of rotatable bonds is 8. The second-order valence-electron chi connectivity index (χ2n) is 5.35. The van der Waals surface area contributed by atoms with Gasteiger partial charge in [-0.25, -0.2) is 8.42 Å². The fourth-order valence-electron chi connectivity index (χ4n) is 2.05. The van der Waals surface area contributed by atoms with Crippen molar-refractivity contribution < 1.29 is 22.5 Å². The lowest BCUT2D eigenvalue weighted by Crippen LogP contribution is -2.23. The van der Waals surface area contributed by atoms with Gasteiger partial charge >= 0.3 is 0 Å². The van der Waals surface area contributed by atoms with Crippen molar-refractivity contribution in [2.24, 2.45) is 0 Å². The molecule has 0 saturated heterocycles. The third-order valence-corrected chi connectivity index (χ3v) is 5.83. The molecule has 0 spiro atoms. The first-order valence-corrected chi connectivity index (χ1v) is 10.3. The summed E-state index contributed by atoms with van der Waals surface area (Å²) in [5.41, 5.74) is 0.699. The first-order valence-electron chi connectivity index (χ1n) is 8.04. The van der Waals surface area contributed by atoms with Gasteiger partial charge in [-0.1, -0.05) is 16.5 Å². The van der Waals surface area contributed by atoms with E-state index in [-0.39, 0.29) is 27.8 Å². The Balaban J connectivity index is 1.64. The van der Waals surface area contributed by atoms with E-state index in [0.29, 0.717) is 18.0 Å². The van der Waals surface area contributed by atoms with Gasteiger partial charge in [0.1, 0.15) is 5.75 Å². The summed E-state index contributed by atoms with van der Waals surface area (Å²) in [6, 6.07) is 7.10. The minimum Gasteiger partial charge on any atom is -0.494 e. The highest BCUT2D eigenvalue weighted by atomic mass is 32.2. The van der Waals surface area contributed by atoms with Gasteiger partial charge in [-0.2, -0.15) is 9.71 Å². The normalized spacial score (nSPS) is 11.4. The van der Waals surface area contributed by atoms with Crippen molar-refractivity contribution in [3.8, 4) is 17.1 Å². The van der Waals surface area contributed by atoms with E-state index in [2.05, 4.69) is 30.4 Å². The van der Waals surface area contributed by atoms with Gasteiger partial charge in [0.25, 0.3) is 10.0 Å². The van der Waals surface area contributed by atoms with Gasteiger partial charge in [0.15, 0.2) is 0 Å². The van der Waals surface area contributed by atoms with Crippen molar-refractivity contribution in [2.75, 3.05) is 11.9 Å². The Bertz CT molecular complexity index is 1060. The van der Waals surface area contributed by atoms with Gasteiger partial charge in [0, 0.05) is 12.5 Å². The second kappa shape index (κ2) is 8.41. The smallest absolute Gasteiger partial charge is 0.270 e. The molecule has 0 radical (unpaired) electrons. The van der Waals surface area contributed by atoms with E-state index in [4.69, 9.17) is 9.26 Å². The van der Waals surface area contributed by atoms with E-state index in [1.54, 1.807) is 24.3 Å². The lowest BCUT2D eigenvalue weighted by molar-refractivity contribution is -0.114. The molecule has 0 bridgehead atoms. The van der Waals surface area contributed by atoms with Crippen LogP contribution in [-0.2, 0) is 21.4 Å². The molecule has 0 atom stereocenters. The molecule has 0 unspecified atom stereocenters. The molecule has 3 rings (SSSR count). The number of anilines is 1. The van der Waals surface area contributed by atoms with E-state index in [9.17, 15) is 13.2 Å². The van der Waals surface area contributed by atoms with Gasteiger partial charge in [-0.05, 0) is 31.2 Å². The first-order chi connectivity index (χ1) is 13.4. The number of nitrogens with one attached hydrogen (secondary N) is 2. The monoisotopic (exact) mass is 424 g/mol. The Hall–Kier alpha value is -2.90. The molecule has 0 aliphatic heterocycles. The highest BCUT2D eigenvalue weighted by molar-refractivity contribution is 7.91. The zero-order valence-corrected chi connectivity index (χ0v) is 16.5. The van der Waals surface area contributed by atoms with Crippen LogP contribution >= 0.6 is 11.3 Å². The second-order valence-corrected chi connectivity index (χ2v) is 8.27. The highest BCUT2D eigenvalue weighted by Gasteiger charge is 2.21. The summed E-state index contributed by atoms with van der Waals surface area (Å²) in [4.78, 5) is 15.1. The average Bonchev–Trinajstić information content (AvgIpc) is 3.30. The number of benzene rings is 1. The summed E-state index contributed by atoms with van der Waals surface area (Å²) in [6.07, 6.45) is 0. The number of carbonyl (C=O) groups is 1. The minimum absolute atomic E-state index is 0.0825. The number of sulfonamides is 1. The lowest BCUT2D eigenvalue weighted by atomic mass is 10.2. The number of aromatic nitrogens is 4. The summed E-state index contributed by atoms with van der Waals surface area (Å²) < 4.78 is 37.0. The molecule has 3 aromatic rings. The third-order valence-electron chi connectivity index (χ3n) is 3.22. The van der Waals surface area contributed by atoms with Gasteiger partial charge in [0.2, 0.25) is 27.1 Å². The standard InChI is InChI=1S/C15H16N6O5S2/c1-3-25-11-6-4-10(5-7-11)13-18-12(26-21-13)8-16-28(23,24)15-20-19-14(27-15)17-9(2)22/h4-7,16H,3,8H2,1-2H3,(H,17,19,22). The van der Waals surface area contributed by atoms with Crippen LogP contribution in [0.1, 0.15) is 19.7 Å². The molecule has 0 fully saturated rings. The predicted octanol–water partition coefficient (Wildman–Crippen LogP) is 1.42. The molecule has 2 aromatic heterocycles. The number of carbonyl (C=O) groups excluding carboxylic acids is 1.